The van der Waals surface area contributed by atoms with Crippen LogP contribution in [-0.4, -0.2) is 24.5 Å². The lowest BCUT2D eigenvalue weighted by molar-refractivity contribution is -0.123. The van der Waals surface area contributed by atoms with Crippen LogP contribution in [0.2, 0.25) is 0 Å². The average Bonchev–Trinajstić information content (AvgIpc) is 3.18. The fraction of sp³-hybridized carbons (Fsp3) is 0.333. The highest BCUT2D eigenvalue weighted by Crippen LogP contribution is 2.32. The van der Waals surface area contributed by atoms with Gasteiger partial charge in [0.2, 0.25) is 11.8 Å². The van der Waals surface area contributed by atoms with Gasteiger partial charge in [-0.15, -0.1) is 0 Å². The minimum atomic E-state index is -0.391. The Hall–Kier alpha value is -3.34. The van der Waals surface area contributed by atoms with Crippen molar-refractivity contribution in [3.8, 4) is 5.75 Å². The van der Waals surface area contributed by atoms with Crippen molar-refractivity contribution in [2.75, 3.05) is 7.11 Å². The van der Waals surface area contributed by atoms with Crippen LogP contribution in [0.15, 0.2) is 66.7 Å². The summed E-state index contributed by atoms with van der Waals surface area (Å²) in [7, 11) is 1.63. The molecule has 1 aliphatic heterocycles. The first-order valence-corrected chi connectivity index (χ1v) is 11.2. The van der Waals surface area contributed by atoms with Gasteiger partial charge in [0.15, 0.2) is 0 Å². The second-order valence-corrected chi connectivity index (χ2v) is 8.71. The van der Waals surface area contributed by atoms with E-state index in [-0.39, 0.29) is 17.9 Å². The molecule has 1 fully saturated rings. The van der Waals surface area contributed by atoms with Crippen molar-refractivity contribution in [3.63, 3.8) is 0 Å². The first-order chi connectivity index (χ1) is 15.5. The van der Waals surface area contributed by atoms with Crippen molar-refractivity contribution in [3.05, 3.63) is 77.9 Å². The van der Waals surface area contributed by atoms with Crippen LogP contribution >= 0.6 is 0 Å². The zero-order chi connectivity index (χ0) is 22.6. The van der Waals surface area contributed by atoms with Crippen molar-refractivity contribution < 1.29 is 14.3 Å². The van der Waals surface area contributed by atoms with Crippen LogP contribution in [0.5, 0.6) is 5.75 Å². The number of carbonyl (C=O) groups excluding carboxylic acids is 2. The molecule has 2 atom stereocenters. The zero-order valence-corrected chi connectivity index (χ0v) is 18.7. The Morgan fingerprint density at radius 2 is 1.91 bits per heavy atom. The molecular weight excluding hydrogens is 400 g/mol. The number of hydrogen-bond acceptors (Lipinski definition) is 3. The topological polar surface area (TPSA) is 67.4 Å². The summed E-state index contributed by atoms with van der Waals surface area (Å²) in [4.78, 5) is 24.9. The van der Waals surface area contributed by atoms with E-state index in [1.54, 1.807) is 7.11 Å². The van der Waals surface area contributed by atoms with Crippen molar-refractivity contribution in [1.29, 1.82) is 0 Å². The van der Waals surface area contributed by atoms with Gasteiger partial charge in [-0.05, 0) is 60.2 Å². The largest absolute Gasteiger partial charge is 0.497 e. The van der Waals surface area contributed by atoms with Crippen LogP contribution in [0.3, 0.4) is 0 Å². The third-order valence-electron chi connectivity index (χ3n) is 6.45. The molecule has 0 aliphatic carbocycles. The van der Waals surface area contributed by atoms with Crippen LogP contribution in [-0.2, 0) is 16.0 Å². The molecule has 2 amide bonds. The Bertz CT molecular complexity index is 1120. The molecule has 1 aliphatic rings. The molecule has 0 radical (unpaired) electrons. The molecule has 32 heavy (non-hydrogen) atoms. The Morgan fingerprint density at radius 1 is 1.12 bits per heavy atom. The molecule has 0 saturated carbocycles. The molecule has 5 heteroatoms. The van der Waals surface area contributed by atoms with Crippen molar-refractivity contribution in [2.45, 2.75) is 50.6 Å². The van der Waals surface area contributed by atoms with Crippen molar-refractivity contribution in [1.82, 2.24) is 10.6 Å². The first-order valence-electron chi connectivity index (χ1n) is 11.2. The van der Waals surface area contributed by atoms with E-state index in [2.05, 4.69) is 41.0 Å². The lowest BCUT2D eigenvalue weighted by Crippen LogP contribution is -2.44. The lowest BCUT2D eigenvalue weighted by Gasteiger charge is -2.30. The minimum absolute atomic E-state index is 0.0150. The number of benzene rings is 3. The van der Waals surface area contributed by atoms with E-state index in [0.29, 0.717) is 19.3 Å². The second-order valence-electron chi connectivity index (χ2n) is 8.71. The molecule has 1 unspecified atom stereocenters. The molecule has 0 spiro atoms. The predicted octanol–water partition coefficient (Wildman–Crippen LogP) is 4.70. The van der Waals surface area contributed by atoms with Crippen molar-refractivity contribution in [2.24, 2.45) is 0 Å². The molecular formula is C27H30N2O3. The smallest absolute Gasteiger partial charge is 0.220 e. The van der Waals surface area contributed by atoms with E-state index in [4.69, 9.17) is 4.74 Å². The van der Waals surface area contributed by atoms with E-state index >= 15 is 0 Å². The van der Waals surface area contributed by atoms with Crippen molar-refractivity contribution >= 4 is 22.6 Å². The monoisotopic (exact) mass is 430 g/mol. The second kappa shape index (κ2) is 9.43. The number of nitrogens with one attached hydrogen (secondary N) is 2. The molecule has 166 valence electrons. The zero-order valence-electron chi connectivity index (χ0n) is 18.7. The van der Waals surface area contributed by atoms with Gasteiger partial charge in [0.1, 0.15) is 5.75 Å². The normalized spacial score (nSPS) is 18.9. The van der Waals surface area contributed by atoms with Crippen LogP contribution in [0.1, 0.15) is 49.8 Å². The molecule has 4 rings (SSSR count). The number of ether oxygens (including phenoxy) is 1. The van der Waals surface area contributed by atoms with Crippen LogP contribution in [0, 0.1) is 0 Å². The quantitative estimate of drug-likeness (QED) is 0.544. The highest BCUT2D eigenvalue weighted by Gasteiger charge is 2.38. The van der Waals surface area contributed by atoms with Gasteiger partial charge in [-0.2, -0.15) is 0 Å². The molecule has 1 heterocycles. The molecule has 0 aromatic heterocycles. The number of amides is 2. The molecule has 0 bridgehead atoms. The summed E-state index contributed by atoms with van der Waals surface area (Å²) in [5.74, 6) is 0.820. The van der Waals surface area contributed by atoms with E-state index in [1.165, 1.54) is 16.3 Å². The van der Waals surface area contributed by atoms with E-state index < -0.39 is 5.54 Å². The summed E-state index contributed by atoms with van der Waals surface area (Å²) in [6, 6.07) is 22.2. The summed E-state index contributed by atoms with van der Waals surface area (Å²) in [6.45, 7) is 1.97. The fourth-order valence-electron chi connectivity index (χ4n) is 4.65. The standard InChI is InChI=1S/C27H30N2O3/c1-19(21-9-6-11-23(17-21)32-2)28-25(30)13-15-27(16-14-26(31)29-27)18-22-10-5-8-20-7-3-4-12-24(20)22/h3-12,17,19H,13-16,18H2,1-2H3,(H,28,30)(H,29,31)/t19-,27?/m1/s1. The lowest BCUT2D eigenvalue weighted by atomic mass is 9.83. The van der Waals surface area contributed by atoms with Crippen LogP contribution in [0.25, 0.3) is 10.8 Å². The summed E-state index contributed by atoms with van der Waals surface area (Å²) >= 11 is 0. The SMILES string of the molecule is COc1cccc([C@@H](C)NC(=O)CCC2(Cc3cccc4ccccc34)CCC(=O)N2)c1. The molecule has 3 aromatic rings. The van der Waals surface area contributed by atoms with Crippen LogP contribution < -0.4 is 15.4 Å². The maximum Gasteiger partial charge on any atom is 0.220 e. The van der Waals surface area contributed by atoms with E-state index in [0.717, 1.165) is 24.2 Å². The van der Waals surface area contributed by atoms with Gasteiger partial charge in [-0.3, -0.25) is 9.59 Å². The highest BCUT2D eigenvalue weighted by molar-refractivity contribution is 5.86. The predicted molar refractivity (Wildman–Crippen MR) is 127 cm³/mol. The Morgan fingerprint density at radius 3 is 2.69 bits per heavy atom. The van der Waals surface area contributed by atoms with Gasteiger partial charge in [-0.25, -0.2) is 0 Å². The third kappa shape index (κ3) is 4.93. The van der Waals surface area contributed by atoms with Gasteiger partial charge >= 0.3 is 0 Å². The number of hydrogen-bond donors (Lipinski definition) is 2. The maximum absolute atomic E-state index is 12.8. The Balaban J connectivity index is 1.45. The summed E-state index contributed by atoms with van der Waals surface area (Å²) in [5.41, 5.74) is 1.81. The summed E-state index contributed by atoms with van der Waals surface area (Å²) in [6.07, 6.45) is 2.94. The van der Waals surface area contributed by atoms with E-state index in [1.807, 2.05) is 43.3 Å². The summed E-state index contributed by atoms with van der Waals surface area (Å²) < 4.78 is 5.28. The molecule has 5 nitrogen and oxygen atoms in total. The molecule has 3 aromatic carbocycles. The minimum Gasteiger partial charge on any atom is -0.497 e. The number of fused-ring (bicyclic) bond motifs is 1. The van der Waals surface area contributed by atoms with Gasteiger partial charge < -0.3 is 15.4 Å². The van der Waals surface area contributed by atoms with Crippen LogP contribution in [0.4, 0.5) is 0 Å². The highest BCUT2D eigenvalue weighted by atomic mass is 16.5. The molecule has 1 saturated heterocycles. The third-order valence-corrected chi connectivity index (χ3v) is 6.45. The average molecular weight is 431 g/mol. The fourth-order valence-corrected chi connectivity index (χ4v) is 4.65. The van der Waals surface area contributed by atoms with Gasteiger partial charge in [0.25, 0.3) is 0 Å². The van der Waals surface area contributed by atoms with Gasteiger partial charge in [-0.1, -0.05) is 54.6 Å². The maximum atomic E-state index is 12.8. The number of rotatable bonds is 8. The Kier molecular flexibility index (Phi) is 6.45. The Labute approximate surface area is 189 Å². The number of methoxy groups -OCH3 is 1. The number of carbonyl (C=O) groups is 2. The summed E-state index contributed by atoms with van der Waals surface area (Å²) in [5, 5.41) is 8.68. The van der Waals surface area contributed by atoms with E-state index in [9.17, 15) is 9.59 Å². The van der Waals surface area contributed by atoms with Gasteiger partial charge in [0.05, 0.1) is 13.2 Å². The van der Waals surface area contributed by atoms with Gasteiger partial charge in [0, 0.05) is 18.4 Å². The molecule has 2 N–H and O–H groups in total. The first kappa shape index (κ1) is 21.9.